The van der Waals surface area contributed by atoms with E-state index < -0.39 is 11.9 Å². The van der Waals surface area contributed by atoms with Crippen LogP contribution in [-0.2, 0) is 14.3 Å². The number of rotatable bonds is 2. The number of hydrogen-bond donors (Lipinski definition) is 0. The Morgan fingerprint density at radius 1 is 1.32 bits per heavy atom. The molecule has 3 rings (SSSR count). The minimum absolute atomic E-state index is 0.128. The molecule has 0 unspecified atom stereocenters. The number of fused-ring (bicyclic) bond motifs is 2. The van der Waals surface area contributed by atoms with Crippen molar-refractivity contribution in [2.75, 3.05) is 13.4 Å². The largest absolute Gasteiger partial charge is 0.463 e. The van der Waals surface area contributed by atoms with Gasteiger partial charge in [0.05, 0.1) is 12.2 Å². The van der Waals surface area contributed by atoms with Crippen molar-refractivity contribution in [2.24, 2.45) is 0 Å². The first kappa shape index (κ1) is 11.6. The molecule has 2 aliphatic rings. The summed E-state index contributed by atoms with van der Waals surface area (Å²) in [7, 11) is 0. The van der Waals surface area contributed by atoms with Crippen LogP contribution < -0.4 is 14.2 Å². The molecule has 1 aromatic carbocycles. The fourth-order valence-corrected chi connectivity index (χ4v) is 1.92. The number of carbonyl (C=O) groups excluding carboxylic acids is 2. The van der Waals surface area contributed by atoms with E-state index in [4.69, 9.17) is 18.9 Å². The van der Waals surface area contributed by atoms with Gasteiger partial charge in [0.1, 0.15) is 5.75 Å². The standard InChI is InChI=1S/C13H10O6/c1-2-16-12(14)4-8-7-3-10-11(18-6-17-10)5-9(7)19-13(8)15/h3-5H,2,6H2,1H3/b8-4+. The van der Waals surface area contributed by atoms with E-state index in [2.05, 4.69) is 0 Å². The third kappa shape index (κ3) is 1.91. The smallest absolute Gasteiger partial charge is 0.344 e. The molecule has 0 aromatic heterocycles. The van der Waals surface area contributed by atoms with Gasteiger partial charge in [-0.3, -0.25) is 0 Å². The maximum atomic E-state index is 11.7. The summed E-state index contributed by atoms with van der Waals surface area (Å²) in [4.78, 5) is 23.1. The number of benzene rings is 1. The van der Waals surface area contributed by atoms with Crippen LogP contribution in [0.3, 0.4) is 0 Å². The Labute approximate surface area is 108 Å². The maximum Gasteiger partial charge on any atom is 0.344 e. The highest BCUT2D eigenvalue weighted by Crippen LogP contribution is 2.44. The average Bonchev–Trinajstić information content (AvgIpc) is 2.92. The van der Waals surface area contributed by atoms with E-state index in [1.165, 1.54) is 0 Å². The summed E-state index contributed by atoms with van der Waals surface area (Å²) in [5.41, 5.74) is 0.661. The Kier molecular flexibility index (Phi) is 2.63. The van der Waals surface area contributed by atoms with Crippen LogP contribution in [0.2, 0.25) is 0 Å². The van der Waals surface area contributed by atoms with Crippen LogP contribution in [0.5, 0.6) is 17.2 Å². The van der Waals surface area contributed by atoms with Gasteiger partial charge in [0, 0.05) is 17.7 Å². The summed E-state index contributed by atoms with van der Waals surface area (Å²) >= 11 is 0. The van der Waals surface area contributed by atoms with E-state index in [1.807, 2.05) is 0 Å². The van der Waals surface area contributed by atoms with Crippen molar-refractivity contribution in [2.45, 2.75) is 6.92 Å². The maximum absolute atomic E-state index is 11.7. The van der Waals surface area contributed by atoms with Crippen molar-refractivity contribution >= 4 is 17.5 Å². The van der Waals surface area contributed by atoms with Gasteiger partial charge in [-0.1, -0.05) is 0 Å². The molecule has 2 heterocycles. The van der Waals surface area contributed by atoms with Crippen molar-refractivity contribution in [1.29, 1.82) is 0 Å². The molecule has 6 heteroatoms. The quantitative estimate of drug-likeness (QED) is 0.454. The van der Waals surface area contributed by atoms with Crippen molar-refractivity contribution in [3.05, 3.63) is 23.8 Å². The Balaban J connectivity index is 2.02. The van der Waals surface area contributed by atoms with Gasteiger partial charge in [0.25, 0.3) is 0 Å². The van der Waals surface area contributed by atoms with E-state index in [1.54, 1.807) is 19.1 Å². The van der Waals surface area contributed by atoms with Gasteiger partial charge in [-0.15, -0.1) is 0 Å². The fourth-order valence-electron chi connectivity index (χ4n) is 1.92. The van der Waals surface area contributed by atoms with Crippen molar-refractivity contribution in [1.82, 2.24) is 0 Å². The second kappa shape index (κ2) is 4.31. The lowest BCUT2D eigenvalue weighted by Crippen LogP contribution is -2.05. The van der Waals surface area contributed by atoms with Gasteiger partial charge in [0.2, 0.25) is 6.79 Å². The summed E-state index contributed by atoms with van der Waals surface area (Å²) in [6, 6.07) is 3.19. The molecule has 0 N–H and O–H groups in total. The lowest BCUT2D eigenvalue weighted by atomic mass is 10.1. The van der Waals surface area contributed by atoms with Crippen LogP contribution in [0, 0.1) is 0 Å². The first-order chi connectivity index (χ1) is 9.19. The minimum Gasteiger partial charge on any atom is -0.463 e. The molecule has 1 aromatic rings. The summed E-state index contributed by atoms with van der Waals surface area (Å²) in [6.07, 6.45) is 1.12. The molecule has 0 aliphatic carbocycles. The number of hydrogen-bond acceptors (Lipinski definition) is 6. The number of carbonyl (C=O) groups is 2. The van der Waals surface area contributed by atoms with Crippen LogP contribution in [0.25, 0.3) is 5.57 Å². The normalized spacial score (nSPS) is 17.3. The van der Waals surface area contributed by atoms with E-state index in [0.29, 0.717) is 22.8 Å². The molecule has 0 saturated carbocycles. The lowest BCUT2D eigenvalue weighted by Gasteiger charge is -2.00. The van der Waals surface area contributed by atoms with Gasteiger partial charge in [-0.25, -0.2) is 9.59 Å². The summed E-state index contributed by atoms with van der Waals surface area (Å²) in [5, 5.41) is 0. The zero-order chi connectivity index (χ0) is 13.4. The SMILES string of the molecule is CCOC(=O)/C=C1/C(=O)Oc2cc3c(cc21)OCO3. The predicted molar refractivity (Wildman–Crippen MR) is 62.8 cm³/mol. The zero-order valence-corrected chi connectivity index (χ0v) is 10.1. The topological polar surface area (TPSA) is 71.1 Å². The second-order valence-electron chi connectivity index (χ2n) is 3.90. The van der Waals surface area contributed by atoms with Gasteiger partial charge >= 0.3 is 11.9 Å². The molecule has 0 saturated heterocycles. The first-order valence-electron chi connectivity index (χ1n) is 5.73. The molecule has 0 spiro atoms. The van der Waals surface area contributed by atoms with Gasteiger partial charge in [-0.05, 0) is 13.0 Å². The van der Waals surface area contributed by atoms with Gasteiger partial charge < -0.3 is 18.9 Å². The van der Waals surface area contributed by atoms with Crippen molar-refractivity contribution < 1.29 is 28.5 Å². The third-order valence-corrected chi connectivity index (χ3v) is 2.74. The molecule has 6 nitrogen and oxygen atoms in total. The second-order valence-corrected chi connectivity index (χ2v) is 3.90. The first-order valence-corrected chi connectivity index (χ1v) is 5.73. The van der Waals surface area contributed by atoms with Crippen molar-refractivity contribution in [3.63, 3.8) is 0 Å². The summed E-state index contributed by atoms with van der Waals surface area (Å²) in [5.74, 6) is 0.215. The van der Waals surface area contributed by atoms with E-state index in [-0.39, 0.29) is 19.0 Å². The summed E-state index contributed by atoms with van der Waals surface area (Å²) < 4.78 is 20.3. The third-order valence-electron chi connectivity index (χ3n) is 2.74. The van der Waals surface area contributed by atoms with Gasteiger partial charge in [-0.2, -0.15) is 0 Å². The molecule has 98 valence electrons. The van der Waals surface area contributed by atoms with E-state index >= 15 is 0 Å². The number of esters is 2. The zero-order valence-electron chi connectivity index (χ0n) is 10.1. The molecule has 0 bridgehead atoms. The van der Waals surface area contributed by atoms with E-state index in [0.717, 1.165) is 6.08 Å². The van der Waals surface area contributed by atoms with Gasteiger partial charge in [0.15, 0.2) is 11.5 Å². The minimum atomic E-state index is -0.591. The van der Waals surface area contributed by atoms with Crippen LogP contribution in [0.4, 0.5) is 0 Å². The van der Waals surface area contributed by atoms with Crippen LogP contribution in [0.1, 0.15) is 12.5 Å². The van der Waals surface area contributed by atoms with Crippen LogP contribution in [-0.4, -0.2) is 25.3 Å². The Morgan fingerprint density at radius 2 is 2.05 bits per heavy atom. The average molecular weight is 262 g/mol. The highest BCUT2D eigenvalue weighted by atomic mass is 16.7. The molecular weight excluding hydrogens is 252 g/mol. The molecule has 0 amide bonds. The van der Waals surface area contributed by atoms with Crippen LogP contribution >= 0.6 is 0 Å². The lowest BCUT2D eigenvalue weighted by molar-refractivity contribution is -0.137. The molecule has 19 heavy (non-hydrogen) atoms. The fraction of sp³-hybridized carbons (Fsp3) is 0.231. The molecule has 0 radical (unpaired) electrons. The van der Waals surface area contributed by atoms with E-state index in [9.17, 15) is 9.59 Å². The number of ether oxygens (including phenoxy) is 4. The monoisotopic (exact) mass is 262 g/mol. The molecule has 2 aliphatic heterocycles. The molecule has 0 atom stereocenters. The predicted octanol–water partition coefficient (Wildman–Crippen LogP) is 1.28. The summed E-state index contributed by atoms with van der Waals surface area (Å²) in [6.45, 7) is 2.06. The Bertz CT molecular complexity index is 601. The van der Waals surface area contributed by atoms with Crippen LogP contribution in [0.15, 0.2) is 18.2 Å². The molecule has 0 fully saturated rings. The Morgan fingerprint density at radius 3 is 2.79 bits per heavy atom. The highest BCUT2D eigenvalue weighted by molar-refractivity contribution is 6.25. The van der Waals surface area contributed by atoms with Crippen molar-refractivity contribution in [3.8, 4) is 17.2 Å². The highest BCUT2D eigenvalue weighted by Gasteiger charge is 2.31. The molecular formula is C13H10O6. The Hall–Kier alpha value is -2.50.